The molecule has 92 valence electrons. The van der Waals surface area contributed by atoms with Crippen LogP contribution >= 0.6 is 12.4 Å². The standard InChI is InChI=1S/C11H14F3N.ClH/c1-2-3-10(15)7-4-5-8(11(13)14)9(12)6-7;/h4-6,10-11H,2-3,15H2,1H3;1H. The van der Waals surface area contributed by atoms with Crippen LogP contribution in [0.3, 0.4) is 0 Å². The zero-order valence-corrected chi connectivity index (χ0v) is 9.74. The van der Waals surface area contributed by atoms with Crippen molar-refractivity contribution < 1.29 is 13.2 Å². The summed E-state index contributed by atoms with van der Waals surface area (Å²) < 4.78 is 37.6. The average Bonchev–Trinajstić information content (AvgIpc) is 2.17. The number of benzene rings is 1. The van der Waals surface area contributed by atoms with Crippen molar-refractivity contribution in [1.29, 1.82) is 0 Å². The van der Waals surface area contributed by atoms with Crippen molar-refractivity contribution in [3.05, 3.63) is 35.1 Å². The van der Waals surface area contributed by atoms with Crippen molar-refractivity contribution in [2.45, 2.75) is 32.2 Å². The number of rotatable bonds is 4. The SMILES string of the molecule is CCCC(N)c1ccc(C(F)F)c(F)c1.Cl. The molecular weight excluding hydrogens is 239 g/mol. The summed E-state index contributed by atoms with van der Waals surface area (Å²) >= 11 is 0. The Hall–Kier alpha value is -0.740. The third kappa shape index (κ3) is 3.68. The van der Waals surface area contributed by atoms with Crippen molar-refractivity contribution >= 4 is 12.4 Å². The second kappa shape index (κ2) is 6.76. The first-order chi connectivity index (χ1) is 7.06. The molecule has 1 rings (SSSR count). The molecule has 1 nitrogen and oxygen atoms in total. The third-order valence-corrected chi connectivity index (χ3v) is 2.29. The summed E-state index contributed by atoms with van der Waals surface area (Å²) in [5.41, 5.74) is 5.75. The Labute approximate surface area is 99.2 Å². The minimum absolute atomic E-state index is 0. The molecule has 1 atom stereocenters. The average molecular weight is 254 g/mol. The zero-order chi connectivity index (χ0) is 11.4. The van der Waals surface area contributed by atoms with Crippen LogP contribution in [0.5, 0.6) is 0 Å². The molecule has 0 spiro atoms. The summed E-state index contributed by atoms with van der Waals surface area (Å²) in [4.78, 5) is 0. The van der Waals surface area contributed by atoms with Crippen molar-refractivity contribution in [2.75, 3.05) is 0 Å². The van der Waals surface area contributed by atoms with E-state index >= 15 is 0 Å². The molecule has 16 heavy (non-hydrogen) atoms. The van der Waals surface area contributed by atoms with Crippen LogP contribution < -0.4 is 5.73 Å². The van der Waals surface area contributed by atoms with Gasteiger partial charge in [-0.1, -0.05) is 25.5 Å². The molecule has 0 saturated carbocycles. The zero-order valence-electron chi connectivity index (χ0n) is 8.92. The van der Waals surface area contributed by atoms with Gasteiger partial charge in [-0.25, -0.2) is 13.2 Å². The Morgan fingerprint density at radius 3 is 2.38 bits per heavy atom. The predicted molar refractivity (Wildman–Crippen MR) is 60.4 cm³/mol. The van der Waals surface area contributed by atoms with Gasteiger partial charge in [0.2, 0.25) is 0 Å². The summed E-state index contributed by atoms with van der Waals surface area (Å²) in [7, 11) is 0. The Morgan fingerprint density at radius 1 is 1.31 bits per heavy atom. The molecule has 1 aromatic rings. The number of alkyl halides is 2. The second-order valence-corrected chi connectivity index (χ2v) is 3.48. The van der Waals surface area contributed by atoms with E-state index in [0.29, 0.717) is 12.0 Å². The Bertz CT molecular complexity index is 331. The number of nitrogens with two attached hydrogens (primary N) is 1. The molecule has 0 aromatic heterocycles. The van der Waals surface area contributed by atoms with Gasteiger partial charge in [-0.2, -0.15) is 0 Å². The summed E-state index contributed by atoms with van der Waals surface area (Å²) in [6.45, 7) is 1.96. The molecule has 0 heterocycles. The van der Waals surface area contributed by atoms with Gasteiger partial charge >= 0.3 is 0 Å². The summed E-state index contributed by atoms with van der Waals surface area (Å²) in [5.74, 6) is -0.881. The highest BCUT2D eigenvalue weighted by Gasteiger charge is 2.15. The van der Waals surface area contributed by atoms with E-state index in [1.165, 1.54) is 6.07 Å². The van der Waals surface area contributed by atoms with Gasteiger partial charge in [0.05, 0.1) is 5.56 Å². The Morgan fingerprint density at radius 2 is 1.94 bits per heavy atom. The second-order valence-electron chi connectivity index (χ2n) is 3.48. The Kier molecular flexibility index (Phi) is 6.45. The van der Waals surface area contributed by atoms with Gasteiger partial charge in [-0.15, -0.1) is 12.4 Å². The maximum atomic E-state index is 13.2. The van der Waals surface area contributed by atoms with Crippen LogP contribution in [0, 0.1) is 5.82 Å². The van der Waals surface area contributed by atoms with Crippen LogP contribution in [-0.2, 0) is 0 Å². The van der Waals surface area contributed by atoms with Crippen LogP contribution in [0.15, 0.2) is 18.2 Å². The molecule has 2 N–H and O–H groups in total. The first-order valence-corrected chi connectivity index (χ1v) is 4.89. The molecule has 0 aliphatic heterocycles. The number of halogens is 4. The fourth-order valence-electron chi connectivity index (χ4n) is 1.43. The first-order valence-electron chi connectivity index (χ1n) is 4.89. The normalized spacial score (nSPS) is 12.4. The van der Waals surface area contributed by atoms with Gasteiger partial charge in [0, 0.05) is 6.04 Å². The van der Waals surface area contributed by atoms with Crippen molar-refractivity contribution in [3.63, 3.8) is 0 Å². The van der Waals surface area contributed by atoms with Crippen LogP contribution in [0.2, 0.25) is 0 Å². The summed E-state index contributed by atoms with van der Waals surface area (Å²) in [6, 6.07) is 3.38. The molecule has 0 bridgehead atoms. The maximum Gasteiger partial charge on any atom is 0.266 e. The molecule has 5 heteroatoms. The van der Waals surface area contributed by atoms with E-state index < -0.39 is 17.8 Å². The van der Waals surface area contributed by atoms with E-state index in [-0.39, 0.29) is 18.4 Å². The summed E-state index contributed by atoms with van der Waals surface area (Å²) in [5, 5.41) is 0. The van der Waals surface area contributed by atoms with Gasteiger partial charge in [-0.3, -0.25) is 0 Å². The van der Waals surface area contributed by atoms with Crippen LogP contribution in [0.1, 0.15) is 43.4 Å². The molecule has 0 aliphatic rings. The lowest BCUT2D eigenvalue weighted by atomic mass is 10.0. The molecule has 0 amide bonds. The maximum absolute atomic E-state index is 13.2. The third-order valence-electron chi connectivity index (χ3n) is 2.29. The topological polar surface area (TPSA) is 26.0 Å². The fraction of sp³-hybridized carbons (Fsp3) is 0.455. The molecule has 1 unspecified atom stereocenters. The molecule has 0 saturated heterocycles. The van der Waals surface area contributed by atoms with Gasteiger partial charge in [-0.05, 0) is 18.1 Å². The van der Waals surface area contributed by atoms with Gasteiger partial charge < -0.3 is 5.73 Å². The van der Waals surface area contributed by atoms with E-state index in [1.807, 2.05) is 6.92 Å². The van der Waals surface area contributed by atoms with Gasteiger partial charge in [0.1, 0.15) is 5.82 Å². The summed E-state index contributed by atoms with van der Waals surface area (Å²) in [6.07, 6.45) is -1.19. The highest BCUT2D eigenvalue weighted by molar-refractivity contribution is 5.85. The quantitative estimate of drug-likeness (QED) is 0.863. The highest BCUT2D eigenvalue weighted by atomic mass is 35.5. The van der Waals surface area contributed by atoms with Gasteiger partial charge in [0.25, 0.3) is 6.43 Å². The monoisotopic (exact) mass is 253 g/mol. The lowest BCUT2D eigenvalue weighted by molar-refractivity contribution is 0.146. The molecule has 1 aromatic carbocycles. The number of hydrogen-bond acceptors (Lipinski definition) is 1. The Balaban J connectivity index is 0.00000225. The fourth-order valence-corrected chi connectivity index (χ4v) is 1.43. The smallest absolute Gasteiger partial charge is 0.266 e. The minimum Gasteiger partial charge on any atom is -0.324 e. The van der Waals surface area contributed by atoms with E-state index in [9.17, 15) is 13.2 Å². The van der Waals surface area contributed by atoms with E-state index in [4.69, 9.17) is 5.73 Å². The largest absolute Gasteiger partial charge is 0.324 e. The minimum atomic E-state index is -2.78. The van der Waals surface area contributed by atoms with Crippen LogP contribution in [0.4, 0.5) is 13.2 Å². The van der Waals surface area contributed by atoms with E-state index in [1.54, 1.807) is 0 Å². The van der Waals surface area contributed by atoms with Gasteiger partial charge in [0.15, 0.2) is 0 Å². The van der Waals surface area contributed by atoms with Crippen molar-refractivity contribution in [2.24, 2.45) is 5.73 Å². The van der Waals surface area contributed by atoms with E-state index in [2.05, 4.69) is 0 Å². The molecular formula is C11H15ClF3N. The van der Waals surface area contributed by atoms with Crippen molar-refractivity contribution in [1.82, 2.24) is 0 Å². The lowest BCUT2D eigenvalue weighted by Gasteiger charge is -2.12. The first kappa shape index (κ1) is 15.3. The van der Waals surface area contributed by atoms with Crippen LogP contribution in [0.25, 0.3) is 0 Å². The molecule has 0 aliphatic carbocycles. The molecule has 0 fully saturated rings. The van der Waals surface area contributed by atoms with Crippen molar-refractivity contribution in [3.8, 4) is 0 Å². The van der Waals surface area contributed by atoms with Crippen LogP contribution in [-0.4, -0.2) is 0 Å². The number of hydrogen-bond donors (Lipinski definition) is 1. The predicted octanol–water partition coefficient (Wildman–Crippen LogP) is 3.99. The highest BCUT2D eigenvalue weighted by Crippen LogP contribution is 2.25. The molecule has 0 radical (unpaired) electrons. The van der Waals surface area contributed by atoms with E-state index in [0.717, 1.165) is 18.6 Å². The lowest BCUT2D eigenvalue weighted by Crippen LogP contribution is -2.10.